The van der Waals surface area contributed by atoms with E-state index in [0.29, 0.717) is 30.5 Å². The van der Waals surface area contributed by atoms with E-state index in [4.69, 9.17) is 4.74 Å². The minimum absolute atomic E-state index is 0.254. The van der Waals surface area contributed by atoms with Gasteiger partial charge in [-0.1, -0.05) is 44.2 Å². The monoisotopic (exact) mass is 390 g/mol. The molecule has 2 rings (SSSR count). The van der Waals surface area contributed by atoms with Gasteiger partial charge in [-0.3, -0.25) is 9.10 Å². The summed E-state index contributed by atoms with van der Waals surface area (Å²) in [4.78, 5) is 12.1. The molecule has 27 heavy (non-hydrogen) atoms. The molecular formula is C20H26N2O4S. The van der Waals surface area contributed by atoms with E-state index in [0.717, 1.165) is 16.1 Å². The van der Waals surface area contributed by atoms with Crippen LogP contribution in [0, 0.1) is 5.92 Å². The lowest BCUT2D eigenvalue weighted by molar-refractivity contribution is -0.119. The summed E-state index contributed by atoms with van der Waals surface area (Å²) in [6, 6.07) is 16.4. The summed E-state index contributed by atoms with van der Waals surface area (Å²) in [7, 11) is -3.59. The van der Waals surface area contributed by atoms with E-state index in [-0.39, 0.29) is 12.5 Å². The molecule has 0 aromatic heterocycles. The first-order valence-corrected chi connectivity index (χ1v) is 10.6. The van der Waals surface area contributed by atoms with Crippen molar-refractivity contribution in [2.24, 2.45) is 5.92 Å². The van der Waals surface area contributed by atoms with Crippen LogP contribution in [0.2, 0.25) is 0 Å². The van der Waals surface area contributed by atoms with Crippen LogP contribution < -0.4 is 14.4 Å². The van der Waals surface area contributed by atoms with Gasteiger partial charge in [-0.05, 0) is 35.7 Å². The van der Waals surface area contributed by atoms with Gasteiger partial charge in [0.1, 0.15) is 18.9 Å². The molecule has 0 unspecified atom stereocenters. The minimum Gasteiger partial charge on any atom is -0.489 e. The number of hydrogen-bond donors (Lipinski definition) is 1. The number of hydrogen-bond acceptors (Lipinski definition) is 4. The van der Waals surface area contributed by atoms with Crippen LogP contribution in [0.3, 0.4) is 0 Å². The van der Waals surface area contributed by atoms with Crippen LogP contribution in [0.15, 0.2) is 54.6 Å². The summed E-state index contributed by atoms with van der Waals surface area (Å²) in [5.41, 5.74) is 1.46. The number of nitrogens with zero attached hydrogens (tertiary/aromatic N) is 1. The standard InChI is InChI=1S/C20H26N2O4S/c1-16(2)13-21-20(23)14-22(27(3,24)25)18-9-11-19(12-10-18)26-15-17-7-5-4-6-8-17/h4-12,16H,13-15H2,1-3H3,(H,21,23). The van der Waals surface area contributed by atoms with Gasteiger partial charge in [-0.2, -0.15) is 0 Å². The Kier molecular flexibility index (Phi) is 7.24. The second-order valence-electron chi connectivity index (χ2n) is 6.74. The quantitative estimate of drug-likeness (QED) is 0.714. The number of sulfonamides is 1. The van der Waals surface area contributed by atoms with Crippen LogP contribution in [0.4, 0.5) is 5.69 Å². The minimum atomic E-state index is -3.59. The number of carbonyl (C=O) groups is 1. The zero-order valence-corrected chi connectivity index (χ0v) is 16.7. The van der Waals surface area contributed by atoms with Crippen LogP contribution in [0.5, 0.6) is 5.75 Å². The van der Waals surface area contributed by atoms with Gasteiger partial charge >= 0.3 is 0 Å². The van der Waals surface area contributed by atoms with Gasteiger partial charge in [0, 0.05) is 6.54 Å². The lowest BCUT2D eigenvalue weighted by atomic mass is 10.2. The van der Waals surface area contributed by atoms with Crippen LogP contribution in [-0.2, 0) is 21.4 Å². The smallest absolute Gasteiger partial charge is 0.240 e. The Morgan fingerprint density at radius 1 is 1.07 bits per heavy atom. The maximum atomic E-state index is 12.1. The van der Waals surface area contributed by atoms with Gasteiger partial charge in [-0.15, -0.1) is 0 Å². The number of ether oxygens (including phenoxy) is 1. The molecule has 0 fully saturated rings. The highest BCUT2D eigenvalue weighted by Gasteiger charge is 2.20. The van der Waals surface area contributed by atoms with Crippen LogP contribution in [0.25, 0.3) is 0 Å². The fourth-order valence-electron chi connectivity index (χ4n) is 2.35. The summed E-state index contributed by atoms with van der Waals surface area (Å²) in [6.07, 6.45) is 1.09. The number of amides is 1. The first-order valence-electron chi connectivity index (χ1n) is 8.77. The maximum absolute atomic E-state index is 12.1. The Balaban J connectivity index is 2.04. The predicted octanol–water partition coefficient (Wildman–Crippen LogP) is 2.80. The Morgan fingerprint density at radius 2 is 1.70 bits per heavy atom. The Bertz CT molecular complexity index is 834. The van der Waals surface area contributed by atoms with Crippen molar-refractivity contribution in [2.75, 3.05) is 23.7 Å². The summed E-state index contributed by atoms with van der Waals surface area (Å²) in [5, 5.41) is 2.73. The fraction of sp³-hybridized carbons (Fsp3) is 0.350. The van der Waals surface area contributed by atoms with E-state index in [1.807, 2.05) is 44.2 Å². The predicted molar refractivity (Wildman–Crippen MR) is 107 cm³/mol. The molecule has 7 heteroatoms. The molecular weight excluding hydrogens is 364 g/mol. The van der Waals surface area contributed by atoms with Crippen LogP contribution in [-0.4, -0.2) is 33.7 Å². The van der Waals surface area contributed by atoms with E-state index >= 15 is 0 Å². The molecule has 0 aliphatic heterocycles. The SMILES string of the molecule is CC(C)CNC(=O)CN(c1ccc(OCc2ccccc2)cc1)S(C)(=O)=O. The van der Waals surface area contributed by atoms with Crippen molar-refractivity contribution in [3.63, 3.8) is 0 Å². The highest BCUT2D eigenvalue weighted by molar-refractivity contribution is 7.92. The van der Waals surface area contributed by atoms with Crippen molar-refractivity contribution in [3.8, 4) is 5.75 Å². The molecule has 6 nitrogen and oxygen atoms in total. The van der Waals surface area contributed by atoms with Crippen molar-refractivity contribution in [2.45, 2.75) is 20.5 Å². The number of benzene rings is 2. The highest BCUT2D eigenvalue weighted by atomic mass is 32.2. The third-order valence-electron chi connectivity index (χ3n) is 3.77. The maximum Gasteiger partial charge on any atom is 0.240 e. The van der Waals surface area contributed by atoms with Gasteiger partial charge in [0.15, 0.2) is 0 Å². The lowest BCUT2D eigenvalue weighted by Crippen LogP contribution is -2.41. The average molecular weight is 391 g/mol. The van der Waals surface area contributed by atoms with Crippen molar-refractivity contribution in [1.29, 1.82) is 0 Å². The van der Waals surface area contributed by atoms with Crippen molar-refractivity contribution in [1.82, 2.24) is 5.32 Å². The Hall–Kier alpha value is -2.54. The summed E-state index contributed by atoms with van der Waals surface area (Å²) >= 11 is 0. The van der Waals surface area contributed by atoms with Gasteiger partial charge in [0.05, 0.1) is 11.9 Å². The second-order valence-corrected chi connectivity index (χ2v) is 8.64. The number of nitrogens with one attached hydrogen (secondary N) is 1. The molecule has 1 N–H and O–H groups in total. The van der Waals surface area contributed by atoms with E-state index in [1.54, 1.807) is 24.3 Å². The first-order chi connectivity index (χ1) is 12.8. The highest BCUT2D eigenvalue weighted by Crippen LogP contribution is 2.22. The molecule has 146 valence electrons. The van der Waals surface area contributed by atoms with Crippen LogP contribution in [0.1, 0.15) is 19.4 Å². The molecule has 0 atom stereocenters. The Morgan fingerprint density at radius 3 is 2.26 bits per heavy atom. The van der Waals surface area contributed by atoms with Gasteiger partial charge in [-0.25, -0.2) is 8.42 Å². The topological polar surface area (TPSA) is 75.7 Å². The zero-order chi connectivity index (χ0) is 19.9. The first kappa shape index (κ1) is 20.8. The summed E-state index contributed by atoms with van der Waals surface area (Å²) in [5.74, 6) is 0.584. The fourth-order valence-corrected chi connectivity index (χ4v) is 3.21. The molecule has 0 bridgehead atoms. The second kappa shape index (κ2) is 9.41. The number of anilines is 1. The lowest BCUT2D eigenvalue weighted by Gasteiger charge is -2.22. The van der Waals surface area contributed by atoms with Crippen LogP contribution >= 0.6 is 0 Å². The Labute approximate surface area is 161 Å². The molecule has 0 radical (unpaired) electrons. The van der Waals surface area contributed by atoms with E-state index in [1.165, 1.54) is 0 Å². The van der Waals surface area contributed by atoms with Gasteiger partial charge in [0.25, 0.3) is 0 Å². The van der Waals surface area contributed by atoms with Gasteiger partial charge < -0.3 is 10.1 Å². The third-order valence-corrected chi connectivity index (χ3v) is 4.91. The molecule has 0 saturated heterocycles. The molecule has 0 aliphatic carbocycles. The third kappa shape index (κ3) is 6.94. The number of rotatable bonds is 9. The summed E-state index contributed by atoms with van der Waals surface area (Å²) in [6.45, 7) is 4.62. The number of carbonyl (C=O) groups excluding carboxylic acids is 1. The average Bonchev–Trinajstić information content (AvgIpc) is 2.63. The van der Waals surface area contributed by atoms with E-state index in [2.05, 4.69) is 5.32 Å². The zero-order valence-electron chi connectivity index (χ0n) is 15.9. The van der Waals surface area contributed by atoms with Gasteiger partial charge in [0.2, 0.25) is 15.9 Å². The molecule has 1 amide bonds. The van der Waals surface area contributed by atoms with Crippen molar-refractivity contribution < 1.29 is 17.9 Å². The van der Waals surface area contributed by atoms with Crippen molar-refractivity contribution in [3.05, 3.63) is 60.2 Å². The molecule has 0 saturated carbocycles. The largest absolute Gasteiger partial charge is 0.489 e. The van der Waals surface area contributed by atoms with Crippen molar-refractivity contribution >= 4 is 21.6 Å². The molecule has 0 spiro atoms. The van der Waals surface area contributed by atoms with E-state index in [9.17, 15) is 13.2 Å². The molecule has 0 aliphatic rings. The molecule has 2 aromatic carbocycles. The normalized spacial score (nSPS) is 11.3. The van der Waals surface area contributed by atoms with E-state index < -0.39 is 10.0 Å². The molecule has 2 aromatic rings. The molecule has 0 heterocycles. The summed E-state index contributed by atoms with van der Waals surface area (Å²) < 4.78 is 31.0.